The quantitative estimate of drug-likeness (QED) is 0.660. The summed E-state index contributed by atoms with van der Waals surface area (Å²) in [6, 6.07) is 0. The SMILES string of the molecule is CC(C)=CC1=C(C)C(=N)C(C)=C(C)C1(C)C. The molecule has 1 heteroatoms. The fourth-order valence-corrected chi connectivity index (χ4v) is 2.32. The Kier molecular flexibility index (Phi) is 3.27. The van der Waals surface area contributed by atoms with Crippen LogP contribution in [0, 0.1) is 10.8 Å². The van der Waals surface area contributed by atoms with Gasteiger partial charge in [0.15, 0.2) is 0 Å². The number of hydrogen-bond donors (Lipinski definition) is 1. The van der Waals surface area contributed by atoms with Crippen LogP contribution in [0.3, 0.4) is 0 Å². The fraction of sp³-hybridized carbons (Fsp3) is 0.533. The fourth-order valence-electron chi connectivity index (χ4n) is 2.32. The highest BCUT2D eigenvalue weighted by Gasteiger charge is 2.32. The molecule has 88 valence electrons. The van der Waals surface area contributed by atoms with Crippen molar-refractivity contribution >= 4 is 5.71 Å². The van der Waals surface area contributed by atoms with Crippen molar-refractivity contribution in [3.63, 3.8) is 0 Å². The van der Waals surface area contributed by atoms with E-state index in [0.717, 1.165) is 11.1 Å². The lowest BCUT2D eigenvalue weighted by Crippen LogP contribution is -2.26. The van der Waals surface area contributed by atoms with Crippen LogP contribution in [0.1, 0.15) is 48.5 Å². The van der Waals surface area contributed by atoms with Gasteiger partial charge in [-0.1, -0.05) is 31.1 Å². The van der Waals surface area contributed by atoms with Crippen molar-refractivity contribution in [2.75, 3.05) is 0 Å². The molecule has 0 atom stereocenters. The molecule has 0 saturated heterocycles. The van der Waals surface area contributed by atoms with Gasteiger partial charge in [-0.25, -0.2) is 0 Å². The molecule has 1 aliphatic carbocycles. The minimum atomic E-state index is 0.0516. The minimum Gasteiger partial charge on any atom is -0.300 e. The van der Waals surface area contributed by atoms with Gasteiger partial charge in [0, 0.05) is 5.41 Å². The van der Waals surface area contributed by atoms with E-state index < -0.39 is 0 Å². The van der Waals surface area contributed by atoms with Crippen molar-refractivity contribution in [3.8, 4) is 0 Å². The molecule has 0 aromatic carbocycles. The summed E-state index contributed by atoms with van der Waals surface area (Å²) in [4.78, 5) is 0. The van der Waals surface area contributed by atoms with Crippen LogP contribution < -0.4 is 0 Å². The summed E-state index contributed by atoms with van der Waals surface area (Å²) in [6.45, 7) is 15.0. The summed E-state index contributed by atoms with van der Waals surface area (Å²) in [5.41, 5.74) is 6.90. The van der Waals surface area contributed by atoms with Crippen molar-refractivity contribution in [1.82, 2.24) is 0 Å². The second-order valence-corrected chi connectivity index (χ2v) is 5.51. The molecule has 0 aromatic heterocycles. The van der Waals surface area contributed by atoms with E-state index in [-0.39, 0.29) is 5.41 Å². The van der Waals surface area contributed by atoms with Gasteiger partial charge in [-0.15, -0.1) is 0 Å². The Morgan fingerprint density at radius 3 is 2.00 bits per heavy atom. The third-order valence-corrected chi connectivity index (χ3v) is 3.76. The normalized spacial score (nSPS) is 20.3. The molecule has 16 heavy (non-hydrogen) atoms. The van der Waals surface area contributed by atoms with Crippen molar-refractivity contribution in [2.24, 2.45) is 5.41 Å². The molecule has 0 radical (unpaired) electrons. The lowest BCUT2D eigenvalue weighted by Gasteiger charge is -2.36. The van der Waals surface area contributed by atoms with E-state index in [1.807, 2.05) is 0 Å². The first-order chi connectivity index (χ1) is 7.19. The van der Waals surface area contributed by atoms with E-state index >= 15 is 0 Å². The van der Waals surface area contributed by atoms with Crippen LogP contribution >= 0.6 is 0 Å². The average molecular weight is 217 g/mol. The second-order valence-electron chi connectivity index (χ2n) is 5.51. The van der Waals surface area contributed by atoms with Crippen molar-refractivity contribution in [1.29, 1.82) is 5.41 Å². The summed E-state index contributed by atoms with van der Waals surface area (Å²) in [5, 5.41) is 8.14. The third kappa shape index (κ3) is 1.91. The molecule has 0 unspecified atom stereocenters. The highest BCUT2D eigenvalue weighted by atomic mass is 14.5. The van der Waals surface area contributed by atoms with Gasteiger partial charge in [0.2, 0.25) is 0 Å². The van der Waals surface area contributed by atoms with Gasteiger partial charge < -0.3 is 5.41 Å². The summed E-state index contributed by atoms with van der Waals surface area (Å²) < 4.78 is 0. The summed E-state index contributed by atoms with van der Waals surface area (Å²) in [7, 11) is 0. The third-order valence-electron chi connectivity index (χ3n) is 3.76. The Morgan fingerprint density at radius 2 is 1.56 bits per heavy atom. The maximum absolute atomic E-state index is 8.14. The first-order valence-electron chi connectivity index (χ1n) is 5.83. The molecule has 0 heterocycles. The van der Waals surface area contributed by atoms with Crippen LogP contribution in [0.2, 0.25) is 0 Å². The van der Waals surface area contributed by atoms with Gasteiger partial charge >= 0.3 is 0 Å². The van der Waals surface area contributed by atoms with Crippen LogP contribution in [0.25, 0.3) is 0 Å². The van der Waals surface area contributed by atoms with Crippen molar-refractivity contribution in [2.45, 2.75) is 48.5 Å². The topological polar surface area (TPSA) is 23.9 Å². The second kappa shape index (κ2) is 4.04. The monoisotopic (exact) mass is 217 g/mol. The van der Waals surface area contributed by atoms with E-state index in [9.17, 15) is 0 Å². The van der Waals surface area contributed by atoms with E-state index in [1.54, 1.807) is 0 Å². The van der Waals surface area contributed by atoms with Gasteiger partial charge in [0.25, 0.3) is 0 Å². The standard InChI is InChI=1S/C15H23N/c1-9(2)8-13-11(4)14(16)10(3)12(5)15(13,6)7/h8,16H,1-7H3. The van der Waals surface area contributed by atoms with Crippen molar-refractivity contribution in [3.05, 3.63) is 33.9 Å². The molecule has 1 aliphatic rings. The van der Waals surface area contributed by atoms with E-state index in [4.69, 9.17) is 5.41 Å². The van der Waals surface area contributed by atoms with Crippen LogP contribution in [0.4, 0.5) is 0 Å². The van der Waals surface area contributed by atoms with E-state index in [1.165, 1.54) is 16.7 Å². The highest BCUT2D eigenvalue weighted by molar-refractivity contribution is 6.12. The molecule has 1 nitrogen and oxygen atoms in total. The Hall–Kier alpha value is -1.11. The molecule has 0 fully saturated rings. The zero-order chi connectivity index (χ0) is 12.7. The smallest absolute Gasteiger partial charge is 0.0601 e. The molecule has 0 spiro atoms. The van der Waals surface area contributed by atoms with Gasteiger partial charge in [-0.05, 0) is 51.3 Å². The van der Waals surface area contributed by atoms with Gasteiger partial charge in [0.1, 0.15) is 0 Å². The van der Waals surface area contributed by atoms with Crippen LogP contribution in [0.15, 0.2) is 33.9 Å². The lowest BCUT2D eigenvalue weighted by atomic mass is 9.68. The minimum absolute atomic E-state index is 0.0516. The van der Waals surface area contributed by atoms with E-state index in [0.29, 0.717) is 5.71 Å². The predicted octanol–water partition coefficient (Wildman–Crippen LogP) is 4.67. The molecule has 1 rings (SSSR count). The lowest BCUT2D eigenvalue weighted by molar-refractivity contribution is 0.539. The number of hydrogen-bond acceptors (Lipinski definition) is 1. The molecular formula is C15H23N. The summed E-state index contributed by atoms with van der Waals surface area (Å²) >= 11 is 0. The Bertz CT molecular complexity index is 424. The Labute approximate surface area is 99.5 Å². The first-order valence-corrected chi connectivity index (χ1v) is 5.83. The molecule has 1 N–H and O–H groups in total. The zero-order valence-electron chi connectivity index (χ0n) is 11.6. The molecule has 0 amide bonds. The molecular weight excluding hydrogens is 194 g/mol. The maximum atomic E-state index is 8.14. The summed E-state index contributed by atoms with van der Waals surface area (Å²) in [5.74, 6) is 0. The largest absolute Gasteiger partial charge is 0.300 e. The predicted molar refractivity (Wildman–Crippen MR) is 72.0 cm³/mol. The van der Waals surface area contributed by atoms with Crippen molar-refractivity contribution < 1.29 is 0 Å². The average Bonchev–Trinajstić information content (AvgIpc) is 2.19. The first kappa shape index (κ1) is 13.0. The molecule has 0 aliphatic heterocycles. The van der Waals surface area contributed by atoms with Gasteiger partial charge in [0.05, 0.1) is 5.71 Å². The van der Waals surface area contributed by atoms with Crippen LogP contribution in [0.5, 0.6) is 0 Å². The van der Waals surface area contributed by atoms with E-state index in [2.05, 4.69) is 54.5 Å². The molecule has 0 saturated carbocycles. The Balaban J connectivity index is 3.47. The number of nitrogens with one attached hydrogen (secondary N) is 1. The zero-order valence-corrected chi connectivity index (χ0v) is 11.6. The van der Waals surface area contributed by atoms with Gasteiger partial charge in [-0.3, -0.25) is 0 Å². The number of allylic oxidation sites excluding steroid dienone is 6. The number of rotatable bonds is 1. The summed E-state index contributed by atoms with van der Waals surface area (Å²) in [6.07, 6.45) is 2.22. The van der Waals surface area contributed by atoms with Crippen LogP contribution in [-0.2, 0) is 0 Å². The highest BCUT2D eigenvalue weighted by Crippen LogP contribution is 2.43. The van der Waals surface area contributed by atoms with Gasteiger partial charge in [-0.2, -0.15) is 0 Å². The maximum Gasteiger partial charge on any atom is 0.0601 e. The molecule has 0 bridgehead atoms. The Morgan fingerprint density at radius 1 is 1.06 bits per heavy atom. The molecule has 0 aromatic rings. The van der Waals surface area contributed by atoms with Crippen LogP contribution in [-0.4, -0.2) is 5.71 Å².